The normalized spacial score (nSPS) is 18.5. The lowest BCUT2D eigenvalue weighted by atomic mass is 10.1. The van der Waals surface area contributed by atoms with Gasteiger partial charge in [0.1, 0.15) is 17.6 Å². The third-order valence-corrected chi connectivity index (χ3v) is 2.74. The zero-order valence-corrected chi connectivity index (χ0v) is 9.85. The van der Waals surface area contributed by atoms with Crippen molar-refractivity contribution < 1.29 is 9.47 Å². The van der Waals surface area contributed by atoms with Crippen LogP contribution in [0.25, 0.3) is 0 Å². The molecule has 1 unspecified atom stereocenters. The molecule has 2 rings (SSSR count). The lowest BCUT2D eigenvalue weighted by molar-refractivity contribution is 0.229. The highest BCUT2D eigenvalue weighted by Gasteiger charge is 2.11. The van der Waals surface area contributed by atoms with Crippen LogP contribution in [0, 0.1) is 11.3 Å². The molecule has 0 saturated carbocycles. The van der Waals surface area contributed by atoms with E-state index in [4.69, 9.17) is 14.7 Å². The van der Waals surface area contributed by atoms with Crippen LogP contribution in [-0.2, 0) is 0 Å². The Balaban J connectivity index is 2.17. The van der Waals surface area contributed by atoms with E-state index in [-0.39, 0.29) is 6.10 Å². The maximum atomic E-state index is 8.91. The van der Waals surface area contributed by atoms with Gasteiger partial charge in [0.2, 0.25) is 0 Å². The van der Waals surface area contributed by atoms with Crippen molar-refractivity contribution in [3.05, 3.63) is 35.9 Å². The van der Waals surface area contributed by atoms with Crippen molar-refractivity contribution in [1.82, 2.24) is 0 Å². The molecule has 0 N–H and O–H groups in total. The topological polar surface area (TPSA) is 42.2 Å². The Labute approximate surface area is 101 Å². The Morgan fingerprint density at radius 3 is 2.76 bits per heavy atom. The fourth-order valence-corrected chi connectivity index (χ4v) is 1.88. The van der Waals surface area contributed by atoms with Crippen molar-refractivity contribution >= 4 is 0 Å². The molecule has 0 fully saturated rings. The summed E-state index contributed by atoms with van der Waals surface area (Å²) in [4.78, 5) is 0. The van der Waals surface area contributed by atoms with Crippen molar-refractivity contribution in [2.45, 2.75) is 25.4 Å². The Morgan fingerprint density at radius 1 is 1.29 bits per heavy atom. The Morgan fingerprint density at radius 2 is 2.12 bits per heavy atom. The molecule has 0 amide bonds. The summed E-state index contributed by atoms with van der Waals surface area (Å²) >= 11 is 0. The second-order valence-electron chi connectivity index (χ2n) is 4.02. The first-order valence-electron chi connectivity index (χ1n) is 5.74. The van der Waals surface area contributed by atoms with E-state index in [9.17, 15) is 0 Å². The van der Waals surface area contributed by atoms with Crippen LogP contribution >= 0.6 is 0 Å². The fraction of sp³-hybridized carbons (Fsp3) is 0.357. The summed E-state index contributed by atoms with van der Waals surface area (Å²) in [6.07, 6.45) is 7.63. The molecule has 1 aliphatic carbocycles. The Hall–Kier alpha value is -1.95. The Kier molecular flexibility index (Phi) is 3.66. The average Bonchev–Trinajstić information content (AvgIpc) is 2.39. The van der Waals surface area contributed by atoms with Crippen LogP contribution in [0.1, 0.15) is 24.8 Å². The molecule has 0 aliphatic heterocycles. The fourth-order valence-electron chi connectivity index (χ4n) is 1.88. The molecule has 1 aliphatic rings. The van der Waals surface area contributed by atoms with E-state index in [0.717, 1.165) is 19.3 Å². The smallest absolute Gasteiger partial charge is 0.125 e. The summed E-state index contributed by atoms with van der Waals surface area (Å²) in [5, 5.41) is 8.91. The molecule has 1 aromatic rings. The van der Waals surface area contributed by atoms with Gasteiger partial charge in [-0.25, -0.2) is 0 Å². The first-order valence-corrected chi connectivity index (χ1v) is 5.74. The van der Waals surface area contributed by atoms with Gasteiger partial charge < -0.3 is 9.47 Å². The first kappa shape index (κ1) is 11.5. The van der Waals surface area contributed by atoms with E-state index in [1.807, 2.05) is 6.07 Å². The van der Waals surface area contributed by atoms with Crippen LogP contribution in [0.15, 0.2) is 30.4 Å². The number of nitriles is 1. The number of allylic oxidation sites excluding steroid dienone is 1. The zero-order chi connectivity index (χ0) is 12.1. The summed E-state index contributed by atoms with van der Waals surface area (Å²) in [6, 6.07) is 7.35. The molecule has 0 radical (unpaired) electrons. The van der Waals surface area contributed by atoms with Crippen LogP contribution in [0.3, 0.4) is 0 Å². The SMILES string of the molecule is COc1cc(C#N)cc(OC2C=CCCC2)c1. The molecule has 3 nitrogen and oxygen atoms in total. The molecule has 0 heterocycles. The van der Waals surface area contributed by atoms with Gasteiger partial charge in [0.25, 0.3) is 0 Å². The molecule has 0 aromatic heterocycles. The van der Waals surface area contributed by atoms with E-state index in [0.29, 0.717) is 17.1 Å². The number of hydrogen-bond acceptors (Lipinski definition) is 3. The van der Waals surface area contributed by atoms with Crippen molar-refractivity contribution in [2.24, 2.45) is 0 Å². The predicted octanol–water partition coefficient (Wildman–Crippen LogP) is 3.05. The zero-order valence-electron chi connectivity index (χ0n) is 9.85. The minimum atomic E-state index is 0.113. The average molecular weight is 229 g/mol. The number of benzene rings is 1. The second-order valence-corrected chi connectivity index (χ2v) is 4.02. The lowest BCUT2D eigenvalue weighted by Crippen LogP contribution is -2.15. The van der Waals surface area contributed by atoms with Crippen molar-refractivity contribution in [2.75, 3.05) is 7.11 Å². The summed E-state index contributed by atoms with van der Waals surface area (Å²) in [6.45, 7) is 0. The van der Waals surface area contributed by atoms with Gasteiger partial charge in [0.15, 0.2) is 0 Å². The van der Waals surface area contributed by atoms with Gasteiger partial charge in [-0.1, -0.05) is 6.08 Å². The van der Waals surface area contributed by atoms with Crippen LogP contribution in [0.2, 0.25) is 0 Å². The third-order valence-electron chi connectivity index (χ3n) is 2.74. The predicted molar refractivity (Wildman–Crippen MR) is 65.1 cm³/mol. The highest BCUT2D eigenvalue weighted by Crippen LogP contribution is 2.25. The Bertz CT molecular complexity index is 460. The first-order chi connectivity index (χ1) is 8.31. The number of nitrogens with zero attached hydrogens (tertiary/aromatic N) is 1. The molecule has 0 spiro atoms. The number of rotatable bonds is 3. The molecular formula is C14H15NO2. The van der Waals surface area contributed by atoms with Crippen LogP contribution in [-0.4, -0.2) is 13.2 Å². The molecule has 0 bridgehead atoms. The summed E-state index contributed by atoms with van der Waals surface area (Å²) in [5.41, 5.74) is 0.555. The number of methoxy groups -OCH3 is 1. The van der Waals surface area contributed by atoms with Crippen molar-refractivity contribution in [1.29, 1.82) is 5.26 Å². The van der Waals surface area contributed by atoms with E-state index >= 15 is 0 Å². The summed E-state index contributed by atoms with van der Waals surface area (Å²) in [5.74, 6) is 1.34. The van der Waals surface area contributed by atoms with E-state index in [1.165, 1.54) is 0 Å². The minimum Gasteiger partial charge on any atom is -0.497 e. The number of hydrogen-bond donors (Lipinski definition) is 0. The van der Waals surface area contributed by atoms with Crippen LogP contribution in [0.5, 0.6) is 11.5 Å². The molecule has 0 saturated heterocycles. The van der Waals surface area contributed by atoms with Gasteiger partial charge in [-0.15, -0.1) is 0 Å². The molecule has 88 valence electrons. The lowest BCUT2D eigenvalue weighted by Gasteiger charge is -2.18. The summed E-state index contributed by atoms with van der Waals surface area (Å²) < 4.78 is 11.0. The largest absolute Gasteiger partial charge is 0.497 e. The van der Waals surface area contributed by atoms with E-state index in [1.54, 1.807) is 19.2 Å². The van der Waals surface area contributed by atoms with Gasteiger partial charge >= 0.3 is 0 Å². The molecular weight excluding hydrogens is 214 g/mol. The minimum absolute atomic E-state index is 0.113. The van der Waals surface area contributed by atoms with Crippen molar-refractivity contribution in [3.8, 4) is 17.6 Å². The maximum absolute atomic E-state index is 8.91. The van der Waals surface area contributed by atoms with Gasteiger partial charge in [0.05, 0.1) is 18.7 Å². The van der Waals surface area contributed by atoms with Gasteiger partial charge in [-0.2, -0.15) is 5.26 Å². The summed E-state index contributed by atoms with van der Waals surface area (Å²) in [7, 11) is 1.58. The van der Waals surface area contributed by atoms with Crippen molar-refractivity contribution in [3.63, 3.8) is 0 Å². The highest BCUT2D eigenvalue weighted by molar-refractivity contribution is 5.44. The highest BCUT2D eigenvalue weighted by atomic mass is 16.5. The quantitative estimate of drug-likeness (QED) is 0.748. The maximum Gasteiger partial charge on any atom is 0.125 e. The van der Waals surface area contributed by atoms with E-state index < -0.39 is 0 Å². The van der Waals surface area contributed by atoms with Gasteiger partial charge in [-0.3, -0.25) is 0 Å². The molecule has 17 heavy (non-hydrogen) atoms. The molecule has 1 aromatic carbocycles. The molecule has 3 heteroatoms. The number of ether oxygens (including phenoxy) is 2. The van der Waals surface area contributed by atoms with Gasteiger partial charge in [0, 0.05) is 6.07 Å². The van der Waals surface area contributed by atoms with Crippen LogP contribution in [0.4, 0.5) is 0 Å². The second kappa shape index (κ2) is 5.40. The van der Waals surface area contributed by atoms with Gasteiger partial charge in [-0.05, 0) is 37.5 Å². The third kappa shape index (κ3) is 3.01. The van der Waals surface area contributed by atoms with E-state index in [2.05, 4.69) is 18.2 Å². The molecule has 1 atom stereocenters. The van der Waals surface area contributed by atoms with Crippen LogP contribution < -0.4 is 9.47 Å². The standard InChI is InChI=1S/C14H15NO2/c1-16-13-7-11(10-15)8-14(9-13)17-12-5-3-2-4-6-12/h3,5,7-9,12H,2,4,6H2,1H3. The monoisotopic (exact) mass is 229 g/mol.